The van der Waals surface area contributed by atoms with E-state index in [2.05, 4.69) is 18.8 Å². The van der Waals surface area contributed by atoms with Crippen LogP contribution in [0.1, 0.15) is 41.5 Å². The number of thiazole rings is 1. The number of nitrogens with zero attached hydrogens (tertiary/aromatic N) is 2. The number of carbonyl (C=O) groups excluding carboxylic acids is 2. The lowest BCUT2D eigenvalue weighted by atomic mass is 9.95. The van der Waals surface area contributed by atoms with Crippen LogP contribution in [0.5, 0.6) is 11.5 Å². The molecule has 0 fully saturated rings. The van der Waals surface area contributed by atoms with Crippen LogP contribution < -0.4 is 14.4 Å². The standard InChI is InChI=1S/C28H26N2O5S2/c1-16(2)11-12-35-19-7-4-6-17(14-19)24-23(25(31)22-8-5-13-36-22)26(32)27(33)30(24)28-29-20-15-18(34-3)9-10-21(20)37-28/h4-10,13-16,24,32H,11-12H2,1-3H3/t24-/m0/s1. The number of ether oxygens (including phenoxy) is 2. The van der Waals surface area contributed by atoms with Crippen LogP contribution in [0.25, 0.3) is 10.2 Å². The molecule has 7 nitrogen and oxygen atoms in total. The lowest BCUT2D eigenvalue weighted by molar-refractivity contribution is -0.117. The van der Waals surface area contributed by atoms with Gasteiger partial charge in [-0.2, -0.15) is 0 Å². The quantitative estimate of drug-likeness (QED) is 0.244. The fraction of sp³-hybridized carbons (Fsp3) is 0.250. The number of hydrogen-bond acceptors (Lipinski definition) is 8. The van der Waals surface area contributed by atoms with Gasteiger partial charge in [-0.1, -0.05) is 43.4 Å². The van der Waals surface area contributed by atoms with Gasteiger partial charge in [0.2, 0.25) is 5.78 Å². The number of benzene rings is 2. The smallest absolute Gasteiger partial charge is 0.296 e. The molecule has 190 valence electrons. The number of amides is 1. The Labute approximate surface area is 222 Å². The van der Waals surface area contributed by atoms with E-state index in [1.165, 1.54) is 27.6 Å². The molecule has 5 rings (SSSR count). The molecular formula is C28H26N2O5S2. The van der Waals surface area contributed by atoms with E-state index >= 15 is 0 Å². The second kappa shape index (κ2) is 10.4. The predicted molar refractivity (Wildman–Crippen MR) is 146 cm³/mol. The minimum Gasteiger partial charge on any atom is -0.503 e. The van der Waals surface area contributed by atoms with Gasteiger partial charge in [0.05, 0.1) is 40.4 Å². The summed E-state index contributed by atoms with van der Waals surface area (Å²) in [5.74, 6) is 0.165. The molecule has 37 heavy (non-hydrogen) atoms. The van der Waals surface area contributed by atoms with Gasteiger partial charge in [-0.3, -0.25) is 14.5 Å². The van der Waals surface area contributed by atoms with Crippen molar-refractivity contribution in [3.05, 3.63) is 81.8 Å². The molecule has 0 aliphatic carbocycles. The second-order valence-corrected chi connectivity index (χ2v) is 11.0. The van der Waals surface area contributed by atoms with Gasteiger partial charge in [0, 0.05) is 6.07 Å². The van der Waals surface area contributed by atoms with Crippen molar-refractivity contribution in [2.24, 2.45) is 5.92 Å². The third-order valence-electron chi connectivity index (χ3n) is 6.13. The molecule has 0 bridgehead atoms. The van der Waals surface area contributed by atoms with Gasteiger partial charge in [0.15, 0.2) is 10.9 Å². The molecule has 1 N–H and O–H groups in total. The Balaban J connectivity index is 1.60. The summed E-state index contributed by atoms with van der Waals surface area (Å²) in [4.78, 5) is 33.6. The fourth-order valence-electron chi connectivity index (χ4n) is 4.20. The highest BCUT2D eigenvalue weighted by atomic mass is 32.1. The number of aromatic nitrogens is 1. The summed E-state index contributed by atoms with van der Waals surface area (Å²) < 4.78 is 12.1. The maximum absolute atomic E-state index is 13.6. The minimum absolute atomic E-state index is 0.0311. The Bertz CT molecular complexity index is 1490. The fourth-order valence-corrected chi connectivity index (χ4v) is 5.85. The molecule has 0 saturated carbocycles. The van der Waals surface area contributed by atoms with Crippen LogP contribution in [0, 0.1) is 5.92 Å². The number of rotatable bonds is 9. The maximum Gasteiger partial charge on any atom is 0.296 e. The number of aliphatic hydroxyl groups is 1. The van der Waals surface area contributed by atoms with Crippen molar-refractivity contribution in [3.8, 4) is 11.5 Å². The first kappa shape index (κ1) is 25.0. The largest absolute Gasteiger partial charge is 0.503 e. The van der Waals surface area contributed by atoms with Crippen LogP contribution >= 0.6 is 22.7 Å². The topological polar surface area (TPSA) is 89.0 Å². The molecule has 2 aromatic heterocycles. The zero-order valence-electron chi connectivity index (χ0n) is 20.6. The Morgan fingerprint density at radius 1 is 1.14 bits per heavy atom. The first-order chi connectivity index (χ1) is 17.9. The highest BCUT2D eigenvalue weighted by Crippen LogP contribution is 2.45. The molecule has 1 atom stereocenters. The van der Waals surface area contributed by atoms with E-state index in [0.29, 0.717) is 45.1 Å². The highest BCUT2D eigenvalue weighted by Gasteiger charge is 2.46. The average Bonchev–Trinajstić information content (AvgIpc) is 3.62. The lowest BCUT2D eigenvalue weighted by Gasteiger charge is -2.24. The highest BCUT2D eigenvalue weighted by molar-refractivity contribution is 7.22. The third-order valence-corrected chi connectivity index (χ3v) is 8.03. The summed E-state index contributed by atoms with van der Waals surface area (Å²) >= 11 is 2.58. The van der Waals surface area contributed by atoms with Crippen LogP contribution in [-0.4, -0.2) is 35.5 Å². The Hall–Kier alpha value is -3.69. The van der Waals surface area contributed by atoms with Crippen molar-refractivity contribution in [3.63, 3.8) is 0 Å². The monoisotopic (exact) mass is 534 g/mol. The number of aliphatic hydroxyl groups excluding tert-OH is 1. The number of thiophene rings is 1. The van der Waals surface area contributed by atoms with Gasteiger partial charge in [-0.15, -0.1) is 11.3 Å². The SMILES string of the molecule is COc1ccc2sc(N3C(=O)C(O)=C(C(=O)c4cccs4)[C@@H]3c3cccc(OCCC(C)C)c3)nc2c1. The van der Waals surface area contributed by atoms with Crippen LogP contribution in [0.4, 0.5) is 5.13 Å². The number of hydrogen-bond donors (Lipinski definition) is 1. The van der Waals surface area contributed by atoms with Crippen LogP contribution in [0.15, 0.2) is 71.3 Å². The molecule has 0 saturated heterocycles. The number of ketones is 1. The second-order valence-electron chi connectivity index (χ2n) is 9.08. The predicted octanol–water partition coefficient (Wildman–Crippen LogP) is 6.57. The van der Waals surface area contributed by atoms with E-state index in [4.69, 9.17) is 9.47 Å². The van der Waals surface area contributed by atoms with Gasteiger partial charge in [-0.05, 0) is 53.6 Å². The third kappa shape index (κ3) is 4.84. The molecule has 0 unspecified atom stereocenters. The molecule has 3 heterocycles. The van der Waals surface area contributed by atoms with Crippen molar-refractivity contribution in [1.82, 2.24) is 4.98 Å². The summed E-state index contributed by atoms with van der Waals surface area (Å²) in [5.41, 5.74) is 1.34. The Morgan fingerprint density at radius 2 is 1.97 bits per heavy atom. The van der Waals surface area contributed by atoms with E-state index in [1.54, 1.807) is 30.7 Å². The van der Waals surface area contributed by atoms with E-state index in [0.717, 1.165) is 11.1 Å². The van der Waals surface area contributed by atoms with Gasteiger partial charge in [0.25, 0.3) is 5.91 Å². The normalized spacial score (nSPS) is 15.7. The van der Waals surface area contributed by atoms with E-state index in [-0.39, 0.29) is 11.4 Å². The molecule has 1 aliphatic rings. The average molecular weight is 535 g/mol. The molecule has 9 heteroatoms. The van der Waals surface area contributed by atoms with Crippen molar-refractivity contribution in [1.29, 1.82) is 0 Å². The number of methoxy groups -OCH3 is 1. The number of carbonyl (C=O) groups is 2. The summed E-state index contributed by atoms with van der Waals surface area (Å²) in [6.07, 6.45) is 0.899. The van der Waals surface area contributed by atoms with Crippen LogP contribution in [0.3, 0.4) is 0 Å². The summed E-state index contributed by atoms with van der Waals surface area (Å²) in [6, 6.07) is 15.4. The van der Waals surface area contributed by atoms with E-state index in [9.17, 15) is 14.7 Å². The first-order valence-corrected chi connectivity index (χ1v) is 13.6. The van der Waals surface area contributed by atoms with Crippen molar-refractivity contribution < 1.29 is 24.2 Å². The molecule has 2 aromatic carbocycles. The van der Waals surface area contributed by atoms with Crippen LogP contribution in [-0.2, 0) is 4.79 Å². The van der Waals surface area contributed by atoms with Crippen LogP contribution in [0.2, 0.25) is 0 Å². The van der Waals surface area contributed by atoms with Gasteiger partial charge >= 0.3 is 0 Å². The Morgan fingerprint density at radius 3 is 2.70 bits per heavy atom. The molecule has 0 radical (unpaired) electrons. The minimum atomic E-state index is -0.863. The van der Waals surface area contributed by atoms with E-state index < -0.39 is 17.7 Å². The van der Waals surface area contributed by atoms with Crippen molar-refractivity contribution in [2.45, 2.75) is 26.3 Å². The van der Waals surface area contributed by atoms with Crippen molar-refractivity contribution in [2.75, 3.05) is 18.6 Å². The van der Waals surface area contributed by atoms with Gasteiger partial charge < -0.3 is 14.6 Å². The summed E-state index contributed by atoms with van der Waals surface area (Å²) in [5, 5.41) is 13.2. The van der Waals surface area contributed by atoms with E-state index in [1.807, 2.05) is 36.4 Å². The zero-order valence-corrected chi connectivity index (χ0v) is 22.3. The molecule has 1 amide bonds. The number of fused-ring (bicyclic) bond motifs is 1. The first-order valence-electron chi connectivity index (χ1n) is 11.9. The lowest BCUT2D eigenvalue weighted by Crippen LogP contribution is -2.30. The Kier molecular flexibility index (Phi) is 6.99. The molecule has 4 aromatic rings. The summed E-state index contributed by atoms with van der Waals surface area (Å²) in [7, 11) is 1.58. The zero-order chi connectivity index (χ0) is 26.1. The number of Topliss-reactive ketones (excluding diaryl/α,β-unsaturated/α-hetero) is 1. The molecule has 1 aliphatic heterocycles. The maximum atomic E-state index is 13.6. The van der Waals surface area contributed by atoms with Gasteiger partial charge in [0.1, 0.15) is 11.5 Å². The van der Waals surface area contributed by atoms with Crippen molar-refractivity contribution >= 4 is 49.7 Å². The van der Waals surface area contributed by atoms with Gasteiger partial charge in [-0.25, -0.2) is 4.98 Å². The molecule has 0 spiro atoms. The molecular weight excluding hydrogens is 508 g/mol. The summed E-state index contributed by atoms with van der Waals surface area (Å²) in [6.45, 7) is 4.81. The number of anilines is 1.